The molecule has 0 radical (unpaired) electrons. The molecule has 1 aromatic heterocycles. The van der Waals surface area contributed by atoms with Gasteiger partial charge in [0, 0.05) is 17.9 Å². The number of likely N-dealkylation sites (tertiary alicyclic amines) is 1. The van der Waals surface area contributed by atoms with E-state index in [1.54, 1.807) is 30.6 Å². The zero-order valence-electron chi connectivity index (χ0n) is 22.5. The molecule has 7 heteroatoms. The average Bonchev–Trinajstić information content (AvgIpc) is 3.69. The second kappa shape index (κ2) is 11.5. The van der Waals surface area contributed by atoms with E-state index in [2.05, 4.69) is 18.2 Å². The minimum absolute atomic E-state index is 0.0659. The van der Waals surface area contributed by atoms with Gasteiger partial charge in [0.15, 0.2) is 0 Å². The van der Waals surface area contributed by atoms with Crippen molar-refractivity contribution in [1.82, 2.24) is 4.90 Å². The minimum atomic E-state index is -0.366. The fourth-order valence-electron chi connectivity index (χ4n) is 6.57. The predicted octanol–water partition coefficient (Wildman–Crippen LogP) is 5.94. The van der Waals surface area contributed by atoms with E-state index in [0.29, 0.717) is 26.2 Å². The Kier molecular flexibility index (Phi) is 7.69. The third-order valence-electron chi connectivity index (χ3n) is 8.37. The lowest BCUT2D eigenvalue weighted by Crippen LogP contribution is -2.35. The molecule has 0 saturated carbocycles. The highest BCUT2D eigenvalue weighted by Gasteiger charge is 2.56. The monoisotopic (exact) mass is 555 g/mol. The van der Waals surface area contributed by atoms with Gasteiger partial charge in [-0.25, -0.2) is 0 Å². The molecule has 3 heterocycles. The van der Waals surface area contributed by atoms with Gasteiger partial charge in [0.2, 0.25) is 11.8 Å². The molecule has 2 fully saturated rings. The highest BCUT2D eigenvalue weighted by molar-refractivity contribution is 7.09. The smallest absolute Gasteiger partial charge is 0.234 e. The predicted molar refractivity (Wildman–Crippen MR) is 155 cm³/mol. The van der Waals surface area contributed by atoms with Crippen LogP contribution in [0.4, 0.5) is 0 Å². The quantitative estimate of drug-likeness (QED) is 0.201. The molecule has 6 nitrogen and oxygen atoms in total. The number of phenols is 1. The van der Waals surface area contributed by atoms with Crippen LogP contribution < -0.4 is 0 Å². The van der Waals surface area contributed by atoms with Crippen molar-refractivity contribution < 1.29 is 24.2 Å². The number of allylic oxidation sites excluding steroid dienone is 1. The molecule has 40 heavy (non-hydrogen) atoms. The number of ether oxygens (including phenoxy) is 2. The van der Waals surface area contributed by atoms with Crippen molar-refractivity contribution >= 4 is 34.8 Å². The van der Waals surface area contributed by atoms with Gasteiger partial charge < -0.3 is 14.6 Å². The van der Waals surface area contributed by atoms with Crippen LogP contribution in [0.5, 0.6) is 5.75 Å². The van der Waals surface area contributed by atoms with Crippen molar-refractivity contribution in [2.75, 3.05) is 20.3 Å². The number of imide groups is 1. The molecule has 6 rings (SSSR count). The first-order chi connectivity index (χ1) is 19.5. The van der Waals surface area contributed by atoms with E-state index in [1.165, 1.54) is 16.0 Å². The summed E-state index contributed by atoms with van der Waals surface area (Å²) in [5.74, 6) is -0.699. The van der Waals surface area contributed by atoms with Crippen LogP contribution in [-0.2, 0) is 25.6 Å². The molecule has 1 aliphatic carbocycles. The number of carbonyl (C=O) groups is 2. The molecule has 0 spiro atoms. The van der Waals surface area contributed by atoms with E-state index in [-0.39, 0.29) is 41.4 Å². The third-order valence-corrected chi connectivity index (χ3v) is 9.23. The Balaban J connectivity index is 1.25. The molecule has 3 aromatic rings. The lowest BCUT2D eigenvalue weighted by atomic mass is 9.69. The summed E-state index contributed by atoms with van der Waals surface area (Å²) in [4.78, 5) is 29.6. The van der Waals surface area contributed by atoms with E-state index in [9.17, 15) is 14.7 Å². The molecule has 206 valence electrons. The SMILES string of the molecule is COCC1=C2[C@@H](CC/C(=C/c3ccc(O)cc3)c3ccccc3)OC[C@@H]2[C@@H]2C(=O)N(Cc3cccs3)C(=O)[C@@H]2C1. The van der Waals surface area contributed by atoms with Crippen LogP contribution in [0.1, 0.15) is 35.3 Å². The molecule has 0 unspecified atom stereocenters. The first kappa shape index (κ1) is 26.7. The highest BCUT2D eigenvalue weighted by atomic mass is 32.1. The average molecular weight is 556 g/mol. The normalized spacial score (nSPS) is 24.5. The standard InChI is InChI=1S/C33H33NO5S/c1-38-19-24-17-27-31(33(37)34(32(27)36)18-26-8-5-15-40-26)28-20-39-29(30(24)28)14-11-23(22-6-3-2-4-7-22)16-21-9-12-25(35)13-10-21/h2-10,12-13,15-16,27-29,31,35H,11,14,17-20H2,1H3/b23-16-/t27-,28+,29-,31-/m1/s1. The molecule has 2 aliphatic heterocycles. The Bertz CT molecular complexity index is 1430. The van der Waals surface area contributed by atoms with E-state index >= 15 is 0 Å². The first-order valence-electron chi connectivity index (χ1n) is 13.8. The summed E-state index contributed by atoms with van der Waals surface area (Å²) >= 11 is 1.57. The molecule has 4 atom stereocenters. The van der Waals surface area contributed by atoms with Crippen molar-refractivity contribution in [3.8, 4) is 5.75 Å². The van der Waals surface area contributed by atoms with Gasteiger partial charge in [0.05, 0.1) is 37.7 Å². The van der Waals surface area contributed by atoms with Crippen molar-refractivity contribution in [3.05, 3.63) is 99.3 Å². The molecule has 2 aromatic carbocycles. The summed E-state index contributed by atoms with van der Waals surface area (Å²) in [7, 11) is 1.68. The number of amides is 2. The fourth-order valence-corrected chi connectivity index (χ4v) is 7.26. The topological polar surface area (TPSA) is 76.1 Å². The van der Waals surface area contributed by atoms with Crippen LogP contribution in [-0.4, -0.2) is 48.2 Å². The molecule has 2 amide bonds. The number of methoxy groups -OCH3 is 1. The fraction of sp³-hybridized carbons (Fsp3) is 0.333. The summed E-state index contributed by atoms with van der Waals surface area (Å²) in [6.07, 6.45) is 4.11. The summed E-state index contributed by atoms with van der Waals surface area (Å²) in [5, 5.41) is 11.7. The number of thiophene rings is 1. The molecular formula is C33H33NO5S. The summed E-state index contributed by atoms with van der Waals surface area (Å²) in [6, 6.07) is 21.4. The Morgan fingerprint density at radius 2 is 1.85 bits per heavy atom. The second-order valence-electron chi connectivity index (χ2n) is 10.8. The van der Waals surface area contributed by atoms with Crippen molar-refractivity contribution in [2.24, 2.45) is 17.8 Å². The molecule has 2 saturated heterocycles. The first-order valence-corrected chi connectivity index (χ1v) is 14.7. The number of benzene rings is 2. The zero-order valence-corrected chi connectivity index (χ0v) is 23.3. The summed E-state index contributed by atoms with van der Waals surface area (Å²) in [6.45, 7) is 1.23. The van der Waals surface area contributed by atoms with Gasteiger partial charge in [-0.2, -0.15) is 0 Å². The van der Waals surface area contributed by atoms with Crippen LogP contribution in [0.2, 0.25) is 0 Å². The number of hydrogen-bond acceptors (Lipinski definition) is 6. The number of phenolic OH excluding ortho intramolecular Hbond substituents is 1. The van der Waals surface area contributed by atoms with Gasteiger partial charge >= 0.3 is 0 Å². The second-order valence-corrected chi connectivity index (χ2v) is 11.8. The Morgan fingerprint density at radius 3 is 2.58 bits per heavy atom. The molecular weight excluding hydrogens is 522 g/mol. The van der Waals surface area contributed by atoms with E-state index < -0.39 is 0 Å². The van der Waals surface area contributed by atoms with Crippen LogP contribution in [0, 0.1) is 17.8 Å². The van der Waals surface area contributed by atoms with Gasteiger partial charge in [-0.15, -0.1) is 11.3 Å². The van der Waals surface area contributed by atoms with E-state index in [0.717, 1.165) is 34.4 Å². The highest BCUT2D eigenvalue weighted by Crippen LogP contribution is 2.50. The van der Waals surface area contributed by atoms with E-state index in [1.807, 2.05) is 47.8 Å². The van der Waals surface area contributed by atoms with Gasteiger partial charge in [0.1, 0.15) is 5.75 Å². The number of hydrogen-bond donors (Lipinski definition) is 1. The maximum Gasteiger partial charge on any atom is 0.234 e. The number of nitrogens with zero attached hydrogens (tertiary/aromatic N) is 1. The molecule has 0 bridgehead atoms. The molecule has 1 N–H and O–H groups in total. The Labute approximate surface area is 238 Å². The zero-order chi connectivity index (χ0) is 27.6. The van der Waals surface area contributed by atoms with Crippen molar-refractivity contribution in [1.29, 1.82) is 0 Å². The maximum absolute atomic E-state index is 13.6. The Hall–Kier alpha value is -3.52. The lowest BCUT2D eigenvalue weighted by Gasteiger charge is -2.31. The summed E-state index contributed by atoms with van der Waals surface area (Å²) in [5.41, 5.74) is 5.61. The van der Waals surface area contributed by atoms with Gasteiger partial charge in [-0.1, -0.05) is 54.6 Å². The van der Waals surface area contributed by atoms with Crippen molar-refractivity contribution in [2.45, 2.75) is 31.9 Å². The van der Waals surface area contributed by atoms with Crippen LogP contribution >= 0.6 is 11.3 Å². The molecule has 3 aliphatic rings. The third kappa shape index (κ3) is 5.17. The Morgan fingerprint density at radius 1 is 1.05 bits per heavy atom. The van der Waals surface area contributed by atoms with Gasteiger partial charge in [-0.3, -0.25) is 14.5 Å². The number of fused-ring (bicyclic) bond motifs is 3. The number of rotatable bonds is 9. The summed E-state index contributed by atoms with van der Waals surface area (Å²) < 4.78 is 12.0. The largest absolute Gasteiger partial charge is 0.508 e. The van der Waals surface area contributed by atoms with Crippen LogP contribution in [0.25, 0.3) is 11.6 Å². The lowest BCUT2D eigenvalue weighted by molar-refractivity contribution is -0.140. The van der Waals surface area contributed by atoms with Crippen LogP contribution in [0.3, 0.4) is 0 Å². The maximum atomic E-state index is 13.6. The van der Waals surface area contributed by atoms with Gasteiger partial charge in [0.25, 0.3) is 0 Å². The van der Waals surface area contributed by atoms with Crippen molar-refractivity contribution in [3.63, 3.8) is 0 Å². The van der Waals surface area contributed by atoms with Gasteiger partial charge in [-0.05, 0) is 70.7 Å². The van der Waals surface area contributed by atoms with Crippen LogP contribution in [0.15, 0.2) is 83.3 Å². The van der Waals surface area contributed by atoms with E-state index in [4.69, 9.17) is 9.47 Å². The number of carbonyl (C=O) groups excluding carboxylic acids is 2. The minimum Gasteiger partial charge on any atom is -0.508 e. The number of aromatic hydroxyl groups is 1.